The molecule has 0 radical (unpaired) electrons. The first-order valence-corrected chi connectivity index (χ1v) is 20.0. The summed E-state index contributed by atoms with van der Waals surface area (Å²) < 4.78 is 4.63. The summed E-state index contributed by atoms with van der Waals surface area (Å²) in [6.45, 7) is 0. The lowest BCUT2D eigenvalue weighted by molar-refractivity contribution is 1.07. The highest BCUT2D eigenvalue weighted by Crippen LogP contribution is 2.44. The van der Waals surface area contributed by atoms with Crippen LogP contribution in [0.3, 0.4) is 0 Å². The van der Waals surface area contributed by atoms with Crippen molar-refractivity contribution in [2.45, 2.75) is 0 Å². The average molecular weight is 752 g/mol. The molecule has 0 fully saturated rings. The first-order chi connectivity index (χ1) is 27.7. The molecule has 0 spiro atoms. The number of benzene rings is 7. The van der Waals surface area contributed by atoms with Crippen molar-refractivity contribution < 1.29 is 0 Å². The molecule has 0 N–H and O–H groups in total. The van der Waals surface area contributed by atoms with E-state index in [1.165, 1.54) is 15.0 Å². The van der Waals surface area contributed by atoms with Crippen molar-refractivity contribution in [1.29, 1.82) is 0 Å². The molecule has 0 saturated heterocycles. The predicted octanol–water partition coefficient (Wildman–Crippen LogP) is 13.4. The third kappa shape index (κ3) is 5.64. The van der Waals surface area contributed by atoms with E-state index >= 15 is 0 Å². The molecule has 7 heteroatoms. The highest BCUT2D eigenvalue weighted by atomic mass is 32.1. The molecule has 0 aliphatic heterocycles. The van der Waals surface area contributed by atoms with E-state index in [0.29, 0.717) is 17.5 Å². The number of nitrogens with zero attached hydrogens (tertiary/aromatic N) is 5. The number of hydrogen-bond acceptors (Lipinski definition) is 7. The van der Waals surface area contributed by atoms with Gasteiger partial charge < -0.3 is 0 Å². The van der Waals surface area contributed by atoms with Gasteiger partial charge in [0.05, 0.1) is 15.9 Å². The number of rotatable bonds is 6. The molecule has 5 nitrogen and oxygen atoms in total. The van der Waals surface area contributed by atoms with Crippen LogP contribution in [0.1, 0.15) is 0 Å². The molecule has 4 heterocycles. The molecule has 11 aromatic rings. The minimum absolute atomic E-state index is 0.631. The van der Waals surface area contributed by atoms with Gasteiger partial charge in [0.2, 0.25) is 0 Å². The van der Waals surface area contributed by atoms with E-state index in [2.05, 4.69) is 133 Å². The van der Waals surface area contributed by atoms with Crippen LogP contribution in [0, 0.1) is 0 Å². The first kappa shape index (κ1) is 32.5. The van der Waals surface area contributed by atoms with Gasteiger partial charge in [-0.05, 0) is 29.3 Å². The zero-order chi connectivity index (χ0) is 37.0. The summed E-state index contributed by atoms with van der Waals surface area (Å²) in [4.78, 5) is 25.7. The summed E-state index contributed by atoms with van der Waals surface area (Å²) in [6, 6.07) is 60.9. The summed E-state index contributed by atoms with van der Waals surface area (Å²) in [5, 5.41) is 3.45. The normalized spacial score (nSPS) is 11.6. The monoisotopic (exact) mass is 751 g/mol. The standard InChI is InChI=1S/C49H29N5S2/c1-4-13-30(14-5-1)31-23-25-34(26-24-31)47-52-46(33-17-8-3-9-18-33)53-48(54-47)35-27-28-36-41(29-35)55-40-22-12-20-38(42(36)40)49-50-43(32-15-6-2-7-16-32)45-44(51-49)37-19-10-11-21-39(37)56-45/h1-29H. The van der Waals surface area contributed by atoms with Crippen molar-refractivity contribution in [2.24, 2.45) is 0 Å². The van der Waals surface area contributed by atoms with Gasteiger partial charge in [0.1, 0.15) is 0 Å². The van der Waals surface area contributed by atoms with E-state index in [1.807, 2.05) is 42.5 Å². The largest absolute Gasteiger partial charge is 0.226 e. The topological polar surface area (TPSA) is 64.5 Å². The van der Waals surface area contributed by atoms with Crippen LogP contribution in [-0.2, 0) is 0 Å². The van der Waals surface area contributed by atoms with E-state index in [9.17, 15) is 0 Å². The lowest BCUT2D eigenvalue weighted by Gasteiger charge is -2.10. The summed E-state index contributed by atoms with van der Waals surface area (Å²) in [5.74, 6) is 2.63. The maximum absolute atomic E-state index is 5.31. The molecule has 0 unspecified atom stereocenters. The van der Waals surface area contributed by atoms with Crippen LogP contribution in [0.4, 0.5) is 0 Å². The average Bonchev–Trinajstić information content (AvgIpc) is 3.85. The minimum atomic E-state index is 0.631. The van der Waals surface area contributed by atoms with E-state index in [1.54, 1.807) is 22.7 Å². The fourth-order valence-corrected chi connectivity index (χ4v) is 9.77. The number of hydrogen-bond donors (Lipinski definition) is 0. The Morgan fingerprint density at radius 3 is 1.61 bits per heavy atom. The van der Waals surface area contributed by atoms with E-state index < -0.39 is 0 Å². The molecule has 56 heavy (non-hydrogen) atoms. The number of aromatic nitrogens is 5. The molecular formula is C49H29N5S2. The van der Waals surface area contributed by atoms with Crippen LogP contribution in [0.2, 0.25) is 0 Å². The van der Waals surface area contributed by atoms with Crippen LogP contribution in [0.15, 0.2) is 176 Å². The van der Waals surface area contributed by atoms with E-state index in [0.717, 1.165) is 76.0 Å². The zero-order valence-electron chi connectivity index (χ0n) is 29.8. The lowest BCUT2D eigenvalue weighted by atomic mass is 10.0. The van der Waals surface area contributed by atoms with Crippen molar-refractivity contribution in [3.63, 3.8) is 0 Å². The van der Waals surface area contributed by atoms with Crippen molar-refractivity contribution in [1.82, 2.24) is 24.9 Å². The van der Waals surface area contributed by atoms with Crippen LogP contribution in [0.25, 0.3) is 108 Å². The molecular weight excluding hydrogens is 723 g/mol. The SMILES string of the molecule is c1ccc(-c2ccc(-c3nc(-c4ccccc4)nc(-c4ccc5c(c4)sc4cccc(-c6nc(-c7ccccc7)c7sc8ccccc8c7n6)c45)n3)cc2)cc1. The molecule has 7 aromatic carbocycles. The van der Waals surface area contributed by atoms with Gasteiger partial charge in [0, 0.05) is 58.1 Å². The smallest absolute Gasteiger partial charge is 0.164 e. The van der Waals surface area contributed by atoms with Crippen molar-refractivity contribution in [3.05, 3.63) is 176 Å². The Kier molecular flexibility index (Phi) is 7.79. The van der Waals surface area contributed by atoms with Crippen LogP contribution in [-0.4, -0.2) is 24.9 Å². The third-order valence-electron chi connectivity index (χ3n) is 10.2. The maximum atomic E-state index is 5.31. The third-order valence-corrected chi connectivity index (χ3v) is 12.5. The molecule has 0 bridgehead atoms. The van der Waals surface area contributed by atoms with E-state index in [-0.39, 0.29) is 0 Å². The molecule has 0 amide bonds. The minimum Gasteiger partial charge on any atom is -0.226 e. The summed E-state index contributed by atoms with van der Waals surface area (Å²) in [6.07, 6.45) is 0. The Hall–Kier alpha value is -6.93. The van der Waals surface area contributed by atoms with Crippen molar-refractivity contribution in [3.8, 4) is 67.9 Å². The van der Waals surface area contributed by atoms with Gasteiger partial charge in [-0.25, -0.2) is 24.9 Å². The fourth-order valence-electron chi connectivity index (χ4n) is 7.45. The molecule has 262 valence electrons. The second-order valence-electron chi connectivity index (χ2n) is 13.6. The van der Waals surface area contributed by atoms with Gasteiger partial charge in [0.15, 0.2) is 23.3 Å². The van der Waals surface area contributed by atoms with Gasteiger partial charge in [-0.15, -0.1) is 22.7 Å². The summed E-state index contributed by atoms with van der Waals surface area (Å²) in [5.41, 5.74) is 9.17. The predicted molar refractivity (Wildman–Crippen MR) is 234 cm³/mol. The summed E-state index contributed by atoms with van der Waals surface area (Å²) in [7, 11) is 0. The molecule has 0 atom stereocenters. The Bertz CT molecular complexity index is 3230. The van der Waals surface area contributed by atoms with Gasteiger partial charge in [0.25, 0.3) is 0 Å². The molecule has 4 aromatic heterocycles. The van der Waals surface area contributed by atoms with E-state index in [4.69, 9.17) is 24.9 Å². The van der Waals surface area contributed by atoms with Gasteiger partial charge >= 0.3 is 0 Å². The van der Waals surface area contributed by atoms with Crippen LogP contribution >= 0.6 is 22.7 Å². The van der Waals surface area contributed by atoms with Crippen LogP contribution < -0.4 is 0 Å². The maximum Gasteiger partial charge on any atom is 0.164 e. The Balaban J connectivity index is 1.05. The zero-order valence-corrected chi connectivity index (χ0v) is 31.4. The lowest BCUT2D eigenvalue weighted by Crippen LogP contribution is -2.00. The number of fused-ring (bicyclic) bond motifs is 6. The number of thiophene rings is 2. The molecule has 0 aliphatic carbocycles. The Labute approximate surface area is 330 Å². The van der Waals surface area contributed by atoms with Crippen LogP contribution in [0.5, 0.6) is 0 Å². The summed E-state index contributed by atoms with van der Waals surface area (Å²) >= 11 is 3.52. The van der Waals surface area contributed by atoms with Crippen molar-refractivity contribution >= 4 is 63.1 Å². The van der Waals surface area contributed by atoms with Gasteiger partial charge in [-0.2, -0.15) is 0 Å². The Morgan fingerprint density at radius 1 is 0.321 bits per heavy atom. The highest BCUT2D eigenvalue weighted by Gasteiger charge is 2.20. The molecule has 0 aliphatic rings. The molecule has 0 saturated carbocycles. The molecule has 11 rings (SSSR count). The second kappa shape index (κ2) is 13.4. The second-order valence-corrected chi connectivity index (χ2v) is 15.8. The van der Waals surface area contributed by atoms with Gasteiger partial charge in [-0.3, -0.25) is 0 Å². The Morgan fingerprint density at radius 2 is 0.875 bits per heavy atom. The quantitative estimate of drug-likeness (QED) is 0.169. The fraction of sp³-hybridized carbons (Fsp3) is 0. The van der Waals surface area contributed by atoms with Gasteiger partial charge in [-0.1, -0.05) is 158 Å². The first-order valence-electron chi connectivity index (χ1n) is 18.4. The highest BCUT2D eigenvalue weighted by molar-refractivity contribution is 7.26. The van der Waals surface area contributed by atoms with Crippen molar-refractivity contribution in [2.75, 3.05) is 0 Å².